The van der Waals surface area contributed by atoms with E-state index in [0.717, 1.165) is 12.0 Å². The number of aldehydes is 1. The van der Waals surface area contributed by atoms with Gasteiger partial charge in [0.15, 0.2) is 0 Å². The molecule has 18 nitrogen and oxygen atoms in total. The minimum absolute atomic E-state index is 0.00292. The zero-order valence-electron chi connectivity index (χ0n) is 34.1. The average molecular weight is 808 g/mol. The molecule has 322 valence electrons. The van der Waals surface area contributed by atoms with Gasteiger partial charge in [-0.15, -0.1) is 0 Å². The van der Waals surface area contributed by atoms with E-state index in [9.17, 15) is 44.1 Å². The molecule has 1 aromatic rings. The summed E-state index contributed by atoms with van der Waals surface area (Å²) in [6.07, 6.45) is 0.752. The van der Waals surface area contributed by atoms with Crippen LogP contribution in [-0.4, -0.2) is 141 Å². The van der Waals surface area contributed by atoms with Crippen LogP contribution in [0.1, 0.15) is 85.1 Å². The number of fused-ring (bicyclic) bond motifs is 1. The Kier molecular flexibility index (Phi) is 26.0. The van der Waals surface area contributed by atoms with Gasteiger partial charge in [-0.05, 0) is 62.3 Å². The van der Waals surface area contributed by atoms with Gasteiger partial charge in [0.2, 0.25) is 23.6 Å². The predicted molar refractivity (Wildman–Crippen MR) is 213 cm³/mol. The van der Waals surface area contributed by atoms with Crippen molar-refractivity contribution >= 4 is 41.9 Å². The number of nitrogens with zero attached hydrogens (tertiary/aromatic N) is 2. The lowest BCUT2D eigenvalue weighted by Gasteiger charge is -2.32. The van der Waals surface area contributed by atoms with E-state index in [0.29, 0.717) is 31.1 Å². The van der Waals surface area contributed by atoms with Crippen molar-refractivity contribution in [3.05, 3.63) is 42.5 Å². The molecule has 7 atom stereocenters. The quantitative estimate of drug-likeness (QED) is 0.118. The highest BCUT2D eigenvalue weighted by molar-refractivity contribution is 6.00. The van der Waals surface area contributed by atoms with Gasteiger partial charge in [-0.25, -0.2) is 4.79 Å². The van der Waals surface area contributed by atoms with Crippen LogP contribution in [0.3, 0.4) is 0 Å². The lowest BCUT2D eigenvalue weighted by molar-refractivity contribution is -0.143. The van der Waals surface area contributed by atoms with E-state index in [1.807, 2.05) is 20.8 Å². The molecule has 0 bridgehead atoms. The second-order valence-electron chi connectivity index (χ2n) is 12.9. The molecular weight excluding hydrogens is 742 g/mol. The van der Waals surface area contributed by atoms with Crippen molar-refractivity contribution in [1.29, 1.82) is 0 Å². The number of aromatic hydroxyl groups is 1. The molecule has 1 aromatic carbocycles. The summed E-state index contributed by atoms with van der Waals surface area (Å²) < 4.78 is 0. The van der Waals surface area contributed by atoms with E-state index < -0.39 is 78.0 Å². The van der Waals surface area contributed by atoms with Crippen LogP contribution < -0.4 is 27.0 Å². The third-order valence-corrected chi connectivity index (χ3v) is 8.92. The molecule has 7 amide bonds. The standard InChI is InChI=1S/C33H51N7O9.C3H4O.C2H6.CH4O/c1-4-7-14-40-32(48)24(6-3)37-30(46)27(26(43)16-19-10-12-20(41)13-11-19)38-29(45)25-9-8-15-39(25)31(47)23(5-2)36-28(44)22(34)17-21(42)18-35-33(40)49;1-2-3-4;2*1-2/h10-13,21-27,41-43H,4-9,14-18,34H2,1-3H3,(H,35,49)(H,36,44)(H,37,46)(H,38,45);2-3H,1H2;1-2H3;2H,1H3/t21-,22?,23?,24?,25?,26-,27?;;;/m1.../s1. The number of imide groups is 1. The van der Waals surface area contributed by atoms with Gasteiger partial charge in [-0.2, -0.15) is 0 Å². The summed E-state index contributed by atoms with van der Waals surface area (Å²) in [5.41, 5.74) is 6.59. The molecule has 57 heavy (non-hydrogen) atoms. The lowest BCUT2D eigenvalue weighted by atomic mass is 10.00. The number of phenolic OH excluding ortho intramolecular Hbond substituents is 1. The van der Waals surface area contributed by atoms with Crippen LogP contribution in [0.2, 0.25) is 0 Å². The topological polar surface area (TPSA) is 281 Å². The van der Waals surface area contributed by atoms with E-state index in [2.05, 4.69) is 27.8 Å². The summed E-state index contributed by atoms with van der Waals surface area (Å²) in [5.74, 6) is -3.58. The molecule has 2 fully saturated rings. The minimum atomic E-state index is -1.58. The summed E-state index contributed by atoms with van der Waals surface area (Å²) in [6.45, 7) is 12.2. The van der Waals surface area contributed by atoms with E-state index in [4.69, 9.17) is 15.6 Å². The van der Waals surface area contributed by atoms with Crippen molar-refractivity contribution in [3.63, 3.8) is 0 Å². The van der Waals surface area contributed by atoms with Crippen molar-refractivity contribution in [2.24, 2.45) is 5.73 Å². The van der Waals surface area contributed by atoms with Gasteiger partial charge in [0.1, 0.15) is 36.2 Å². The SMILES string of the molecule is C=CC=O.CC.CCCCN1C(=O)NC[C@H](O)CC(N)C(=O)NC(CC)C(=O)N2CCCC2C(=O)NC([C@H](O)Cc2ccc(O)cc2)C(=O)NC(CC)C1=O.CO. The number of benzene rings is 1. The monoisotopic (exact) mass is 807 g/mol. The molecular formula is C39H65N7O11. The average Bonchev–Trinajstić information content (AvgIpc) is 3.72. The highest BCUT2D eigenvalue weighted by atomic mass is 16.3. The number of carbonyl (C=O) groups excluding carboxylic acids is 7. The minimum Gasteiger partial charge on any atom is -0.508 e. The van der Waals surface area contributed by atoms with E-state index in [-0.39, 0.29) is 57.5 Å². The number of unbranched alkanes of at least 4 members (excludes halogenated alkanes) is 1. The number of aliphatic hydroxyl groups excluding tert-OH is 3. The number of nitrogens with one attached hydrogen (secondary N) is 4. The summed E-state index contributed by atoms with van der Waals surface area (Å²) in [5, 5.41) is 48.9. The Balaban J connectivity index is 0.00000362. The Labute approximate surface area is 335 Å². The van der Waals surface area contributed by atoms with Gasteiger partial charge in [0, 0.05) is 33.2 Å². The van der Waals surface area contributed by atoms with Gasteiger partial charge in [-0.3, -0.25) is 33.7 Å². The maximum atomic E-state index is 13.8. The van der Waals surface area contributed by atoms with Crippen molar-refractivity contribution in [1.82, 2.24) is 31.1 Å². The fraction of sp³-hybridized carbons (Fsp3) is 0.615. The van der Waals surface area contributed by atoms with Crippen LogP contribution in [0.4, 0.5) is 4.79 Å². The van der Waals surface area contributed by atoms with Crippen LogP contribution >= 0.6 is 0 Å². The number of aliphatic hydroxyl groups is 3. The maximum Gasteiger partial charge on any atom is 0.324 e. The molecule has 10 N–H and O–H groups in total. The van der Waals surface area contributed by atoms with Crippen LogP contribution in [0.5, 0.6) is 5.75 Å². The van der Waals surface area contributed by atoms with Gasteiger partial charge >= 0.3 is 6.03 Å². The number of amides is 7. The molecule has 0 aliphatic carbocycles. The second-order valence-corrected chi connectivity index (χ2v) is 12.9. The number of phenols is 1. The molecule has 0 saturated carbocycles. The molecule has 18 heteroatoms. The number of carbonyl (C=O) groups is 7. The largest absolute Gasteiger partial charge is 0.508 e. The summed E-state index contributed by atoms with van der Waals surface area (Å²) in [6, 6.07) is -1.00. The number of β-amino-alcohol motifs (C(OH)–C–C–N with tert-alkyl or cyclic N) is 1. The summed E-state index contributed by atoms with van der Waals surface area (Å²) >= 11 is 0. The fourth-order valence-electron chi connectivity index (χ4n) is 5.90. The number of allylic oxidation sites excluding steroid dienone is 1. The van der Waals surface area contributed by atoms with Gasteiger partial charge in [0.05, 0.1) is 18.2 Å². The Hall–Kier alpha value is -4.91. The number of urea groups is 1. The Morgan fingerprint density at radius 3 is 2.02 bits per heavy atom. The smallest absolute Gasteiger partial charge is 0.324 e. The molecule has 2 saturated heterocycles. The molecule has 0 radical (unpaired) electrons. The summed E-state index contributed by atoms with van der Waals surface area (Å²) in [4.78, 5) is 92.4. The number of hydrogen-bond acceptors (Lipinski definition) is 12. The molecule has 0 aromatic heterocycles. The molecule has 2 aliphatic heterocycles. The van der Waals surface area contributed by atoms with E-state index in [1.165, 1.54) is 23.1 Å². The lowest BCUT2D eigenvalue weighted by Crippen LogP contribution is -2.62. The first-order chi connectivity index (χ1) is 27.2. The predicted octanol–water partition coefficient (Wildman–Crippen LogP) is -0.00280. The number of hydrogen-bond donors (Lipinski definition) is 9. The van der Waals surface area contributed by atoms with Crippen LogP contribution in [0.15, 0.2) is 36.9 Å². The normalized spacial score (nSPS) is 24.2. The number of nitrogens with two attached hydrogens (primary N) is 1. The third kappa shape index (κ3) is 17.0. The van der Waals surface area contributed by atoms with Crippen molar-refractivity contribution in [2.45, 2.75) is 128 Å². The Morgan fingerprint density at radius 2 is 1.47 bits per heavy atom. The van der Waals surface area contributed by atoms with Crippen LogP contribution in [-0.2, 0) is 35.2 Å². The third-order valence-electron chi connectivity index (χ3n) is 8.92. The van der Waals surface area contributed by atoms with E-state index in [1.54, 1.807) is 26.0 Å². The van der Waals surface area contributed by atoms with Crippen LogP contribution in [0.25, 0.3) is 0 Å². The van der Waals surface area contributed by atoms with Gasteiger partial charge in [-0.1, -0.05) is 59.8 Å². The van der Waals surface area contributed by atoms with Gasteiger partial charge < -0.3 is 52.3 Å². The van der Waals surface area contributed by atoms with Crippen LogP contribution in [0, 0.1) is 0 Å². The Morgan fingerprint density at radius 1 is 0.912 bits per heavy atom. The second kappa shape index (κ2) is 28.5. The fourth-order valence-corrected chi connectivity index (χ4v) is 5.90. The highest BCUT2D eigenvalue weighted by Crippen LogP contribution is 2.21. The first-order valence-corrected chi connectivity index (χ1v) is 19.4. The van der Waals surface area contributed by atoms with Crippen molar-refractivity contribution in [2.75, 3.05) is 26.7 Å². The van der Waals surface area contributed by atoms with Gasteiger partial charge in [0.25, 0.3) is 5.91 Å². The van der Waals surface area contributed by atoms with Crippen molar-refractivity contribution < 1.29 is 54.0 Å². The molecule has 2 aliphatic rings. The summed E-state index contributed by atoms with van der Waals surface area (Å²) in [7, 11) is 1.00. The van der Waals surface area contributed by atoms with Crippen molar-refractivity contribution in [3.8, 4) is 5.75 Å². The zero-order chi connectivity index (χ0) is 43.7. The Bertz CT molecular complexity index is 1420. The molecule has 0 spiro atoms. The molecule has 2 heterocycles. The first kappa shape index (κ1) is 52.1. The zero-order valence-corrected chi connectivity index (χ0v) is 34.1. The maximum absolute atomic E-state index is 13.8. The molecule has 5 unspecified atom stereocenters. The first-order valence-electron chi connectivity index (χ1n) is 19.4. The van der Waals surface area contributed by atoms with E-state index >= 15 is 0 Å². The highest BCUT2D eigenvalue weighted by Gasteiger charge is 2.41. The molecule has 3 rings (SSSR count). The number of rotatable bonds is 9.